The first-order valence-electron chi connectivity index (χ1n) is 8.11. The van der Waals surface area contributed by atoms with E-state index in [1.54, 1.807) is 12.4 Å². The summed E-state index contributed by atoms with van der Waals surface area (Å²) in [7, 11) is 3.87. The molecule has 1 amide bonds. The van der Waals surface area contributed by atoms with Crippen molar-refractivity contribution >= 4 is 17.5 Å². The Labute approximate surface area is 154 Å². The molecular formula is C17H17ClN6O2. The molecule has 0 unspecified atom stereocenters. The third-order valence-corrected chi connectivity index (χ3v) is 4.45. The highest BCUT2D eigenvalue weighted by atomic mass is 35.5. The number of hydrogen-bond donors (Lipinski definition) is 1. The Morgan fingerprint density at radius 1 is 1.38 bits per heavy atom. The number of aromatic nitrogens is 4. The number of rotatable bonds is 4. The Kier molecular flexibility index (Phi) is 4.21. The van der Waals surface area contributed by atoms with E-state index < -0.39 is 0 Å². The van der Waals surface area contributed by atoms with Crippen LogP contribution in [0, 0.1) is 0 Å². The van der Waals surface area contributed by atoms with Gasteiger partial charge in [-0.25, -0.2) is 4.98 Å². The molecule has 9 heteroatoms. The number of halogens is 1. The molecule has 1 aromatic carbocycles. The molecule has 0 bridgehead atoms. The van der Waals surface area contributed by atoms with Crippen molar-refractivity contribution in [3.8, 4) is 5.69 Å². The van der Waals surface area contributed by atoms with Gasteiger partial charge in [0.05, 0.1) is 53.5 Å². The van der Waals surface area contributed by atoms with Gasteiger partial charge in [-0.15, -0.1) is 0 Å². The fourth-order valence-electron chi connectivity index (χ4n) is 2.99. The van der Waals surface area contributed by atoms with Crippen LogP contribution in [-0.2, 0) is 19.5 Å². The standard InChI is InChI=1S/C17H17ClN6O2/c1-23(2)8-15-21-14(22-26-15)6-11-13-7-19-17(25)16-10(18)4-3-5-12(16)24(13)9-20-11/h3-5,9H,6-8H2,1-2H3,(H,19,25). The highest BCUT2D eigenvalue weighted by Crippen LogP contribution is 2.28. The van der Waals surface area contributed by atoms with Crippen LogP contribution in [0.4, 0.5) is 0 Å². The molecule has 0 atom stereocenters. The summed E-state index contributed by atoms with van der Waals surface area (Å²) in [6, 6.07) is 5.37. The SMILES string of the molecule is CN(C)Cc1nc(Cc2ncn3c2CNC(=O)c2c(Cl)cccc2-3)no1. The molecule has 3 heterocycles. The van der Waals surface area contributed by atoms with Crippen LogP contribution in [0.2, 0.25) is 5.02 Å². The van der Waals surface area contributed by atoms with Crippen molar-refractivity contribution in [3.05, 3.63) is 58.2 Å². The van der Waals surface area contributed by atoms with Crippen LogP contribution in [0.15, 0.2) is 29.0 Å². The Morgan fingerprint density at radius 3 is 3.04 bits per heavy atom. The van der Waals surface area contributed by atoms with Gasteiger partial charge in [0, 0.05) is 0 Å². The molecule has 8 nitrogen and oxygen atoms in total. The predicted molar refractivity (Wildman–Crippen MR) is 94.2 cm³/mol. The van der Waals surface area contributed by atoms with Crippen molar-refractivity contribution in [3.63, 3.8) is 0 Å². The van der Waals surface area contributed by atoms with E-state index in [0.29, 0.717) is 47.5 Å². The quantitative estimate of drug-likeness (QED) is 0.751. The zero-order valence-electron chi connectivity index (χ0n) is 14.4. The second kappa shape index (κ2) is 6.54. The van der Waals surface area contributed by atoms with E-state index in [9.17, 15) is 4.79 Å². The minimum Gasteiger partial charge on any atom is -0.346 e. The summed E-state index contributed by atoms with van der Waals surface area (Å²) in [5, 5.41) is 7.32. The molecule has 2 aromatic heterocycles. The molecular weight excluding hydrogens is 356 g/mol. The van der Waals surface area contributed by atoms with E-state index >= 15 is 0 Å². The van der Waals surface area contributed by atoms with Crippen LogP contribution in [0.3, 0.4) is 0 Å². The highest BCUT2D eigenvalue weighted by molar-refractivity contribution is 6.34. The second-order valence-corrected chi connectivity index (χ2v) is 6.75. The molecule has 1 N–H and O–H groups in total. The molecule has 0 aliphatic carbocycles. The predicted octanol–water partition coefficient (Wildman–Crippen LogP) is 1.80. The first-order valence-corrected chi connectivity index (χ1v) is 8.49. The zero-order chi connectivity index (χ0) is 18.3. The van der Waals surface area contributed by atoms with E-state index in [1.807, 2.05) is 35.7 Å². The normalized spacial score (nSPS) is 13.3. The van der Waals surface area contributed by atoms with Gasteiger partial charge in [0.15, 0.2) is 5.82 Å². The van der Waals surface area contributed by atoms with Gasteiger partial charge in [-0.05, 0) is 26.2 Å². The van der Waals surface area contributed by atoms with Crippen molar-refractivity contribution in [2.24, 2.45) is 0 Å². The summed E-state index contributed by atoms with van der Waals surface area (Å²) in [6.45, 7) is 0.928. The molecule has 0 spiro atoms. The molecule has 0 saturated heterocycles. The number of nitrogens with zero attached hydrogens (tertiary/aromatic N) is 5. The number of fused-ring (bicyclic) bond motifs is 3. The van der Waals surface area contributed by atoms with Gasteiger partial charge in [0.2, 0.25) is 5.89 Å². The van der Waals surface area contributed by atoms with Gasteiger partial charge in [0.1, 0.15) is 0 Å². The zero-order valence-corrected chi connectivity index (χ0v) is 15.1. The summed E-state index contributed by atoms with van der Waals surface area (Å²) in [5.41, 5.74) is 2.82. The highest BCUT2D eigenvalue weighted by Gasteiger charge is 2.25. The fourth-order valence-corrected chi connectivity index (χ4v) is 3.25. The number of benzene rings is 1. The van der Waals surface area contributed by atoms with Gasteiger partial charge in [0.25, 0.3) is 5.91 Å². The molecule has 1 aliphatic rings. The van der Waals surface area contributed by atoms with Crippen LogP contribution in [-0.4, -0.2) is 44.6 Å². The smallest absolute Gasteiger partial charge is 0.255 e. The first kappa shape index (κ1) is 16.7. The monoisotopic (exact) mass is 372 g/mol. The minimum atomic E-state index is -0.201. The summed E-state index contributed by atoms with van der Waals surface area (Å²) in [4.78, 5) is 23.2. The van der Waals surface area contributed by atoms with Gasteiger partial charge < -0.3 is 19.3 Å². The largest absolute Gasteiger partial charge is 0.346 e. The lowest BCUT2D eigenvalue weighted by atomic mass is 10.1. The van der Waals surface area contributed by atoms with E-state index in [-0.39, 0.29) is 5.91 Å². The van der Waals surface area contributed by atoms with E-state index in [4.69, 9.17) is 16.1 Å². The van der Waals surface area contributed by atoms with Gasteiger partial charge in [-0.3, -0.25) is 4.79 Å². The van der Waals surface area contributed by atoms with E-state index in [2.05, 4.69) is 20.4 Å². The Morgan fingerprint density at radius 2 is 2.23 bits per heavy atom. The van der Waals surface area contributed by atoms with Crippen LogP contribution >= 0.6 is 11.6 Å². The van der Waals surface area contributed by atoms with E-state index in [0.717, 1.165) is 11.4 Å². The minimum absolute atomic E-state index is 0.201. The van der Waals surface area contributed by atoms with Crippen molar-refractivity contribution in [1.82, 2.24) is 29.9 Å². The lowest BCUT2D eigenvalue weighted by Crippen LogP contribution is -2.22. The van der Waals surface area contributed by atoms with E-state index in [1.165, 1.54) is 0 Å². The molecule has 0 fully saturated rings. The van der Waals surface area contributed by atoms with Crippen LogP contribution in [0.1, 0.15) is 33.5 Å². The van der Waals surface area contributed by atoms with Crippen LogP contribution < -0.4 is 5.32 Å². The lowest BCUT2D eigenvalue weighted by molar-refractivity contribution is 0.0953. The van der Waals surface area contributed by atoms with Gasteiger partial charge in [-0.1, -0.05) is 22.8 Å². The molecule has 26 heavy (non-hydrogen) atoms. The van der Waals surface area contributed by atoms with Crippen molar-refractivity contribution in [1.29, 1.82) is 0 Å². The Balaban J connectivity index is 1.68. The average Bonchev–Trinajstić information content (AvgIpc) is 3.15. The molecule has 3 aromatic rings. The Hall–Kier alpha value is -2.71. The maximum atomic E-state index is 12.4. The second-order valence-electron chi connectivity index (χ2n) is 6.34. The van der Waals surface area contributed by atoms with Crippen LogP contribution in [0.25, 0.3) is 5.69 Å². The maximum absolute atomic E-state index is 12.4. The third-order valence-electron chi connectivity index (χ3n) is 4.13. The average molecular weight is 373 g/mol. The number of carbonyl (C=O) groups is 1. The van der Waals surface area contributed by atoms with Gasteiger partial charge in [-0.2, -0.15) is 4.98 Å². The summed E-state index contributed by atoms with van der Waals surface area (Å²) in [5.74, 6) is 0.916. The van der Waals surface area contributed by atoms with Crippen molar-refractivity contribution in [2.75, 3.05) is 14.1 Å². The van der Waals surface area contributed by atoms with Crippen molar-refractivity contribution < 1.29 is 9.32 Å². The number of nitrogens with one attached hydrogen (secondary N) is 1. The number of hydrogen-bond acceptors (Lipinski definition) is 6. The molecule has 1 aliphatic heterocycles. The first-order chi connectivity index (χ1) is 12.5. The number of carbonyl (C=O) groups excluding carboxylic acids is 1. The molecule has 0 radical (unpaired) electrons. The number of imidazole rings is 1. The summed E-state index contributed by atoms with van der Waals surface area (Å²) in [6.07, 6.45) is 2.12. The third kappa shape index (κ3) is 2.97. The topological polar surface area (TPSA) is 89.1 Å². The molecule has 0 saturated carbocycles. The fraction of sp³-hybridized carbons (Fsp3) is 0.294. The number of amides is 1. The summed E-state index contributed by atoms with van der Waals surface area (Å²) >= 11 is 6.23. The van der Waals surface area contributed by atoms with Crippen molar-refractivity contribution in [2.45, 2.75) is 19.5 Å². The summed E-state index contributed by atoms with van der Waals surface area (Å²) < 4.78 is 7.14. The molecule has 4 rings (SSSR count). The Bertz CT molecular complexity index is 978. The maximum Gasteiger partial charge on any atom is 0.255 e. The van der Waals surface area contributed by atoms with Crippen LogP contribution in [0.5, 0.6) is 0 Å². The van der Waals surface area contributed by atoms with Gasteiger partial charge >= 0.3 is 0 Å². The lowest BCUT2D eigenvalue weighted by Gasteiger charge is -2.08. The molecule has 134 valence electrons.